The van der Waals surface area contributed by atoms with E-state index in [-0.39, 0.29) is 11.9 Å². The lowest BCUT2D eigenvalue weighted by Gasteiger charge is -2.23. The van der Waals surface area contributed by atoms with Crippen LogP contribution in [-0.4, -0.2) is 18.5 Å². The van der Waals surface area contributed by atoms with Crippen molar-refractivity contribution in [3.63, 3.8) is 0 Å². The summed E-state index contributed by atoms with van der Waals surface area (Å²) in [6.07, 6.45) is 0. The van der Waals surface area contributed by atoms with Crippen molar-refractivity contribution in [1.82, 2.24) is 4.90 Å². The molecule has 0 amide bonds. The first-order valence-electron chi connectivity index (χ1n) is 7.22. The third-order valence-corrected chi connectivity index (χ3v) is 3.73. The fourth-order valence-corrected chi connectivity index (χ4v) is 2.66. The molecule has 0 aliphatic carbocycles. The summed E-state index contributed by atoms with van der Waals surface area (Å²) >= 11 is 0. The highest BCUT2D eigenvalue weighted by Crippen LogP contribution is 2.19. The molecule has 0 aliphatic rings. The maximum absolute atomic E-state index is 13.7. The van der Waals surface area contributed by atoms with Crippen LogP contribution in [0, 0.1) is 19.7 Å². The third kappa shape index (κ3) is 4.13. The molecule has 0 aliphatic heterocycles. The van der Waals surface area contributed by atoms with Crippen LogP contribution in [0.4, 0.5) is 4.39 Å². The zero-order chi connectivity index (χ0) is 15.4. The summed E-state index contributed by atoms with van der Waals surface area (Å²) in [7, 11) is 1.97. The Balaban J connectivity index is 2.02. The van der Waals surface area contributed by atoms with E-state index in [0.717, 1.165) is 5.56 Å². The van der Waals surface area contributed by atoms with E-state index in [1.165, 1.54) is 17.2 Å². The smallest absolute Gasteiger partial charge is 0.127 e. The zero-order valence-corrected chi connectivity index (χ0v) is 12.9. The highest BCUT2D eigenvalue weighted by Gasteiger charge is 2.13. The van der Waals surface area contributed by atoms with E-state index in [2.05, 4.69) is 36.9 Å². The Kier molecular flexibility index (Phi) is 5.10. The molecule has 2 aromatic carbocycles. The van der Waals surface area contributed by atoms with Gasteiger partial charge < -0.3 is 10.6 Å². The van der Waals surface area contributed by atoms with Gasteiger partial charge in [-0.15, -0.1) is 0 Å². The van der Waals surface area contributed by atoms with E-state index in [1.807, 2.05) is 19.2 Å². The van der Waals surface area contributed by atoms with Gasteiger partial charge in [0.05, 0.1) is 0 Å². The Labute approximate surface area is 126 Å². The van der Waals surface area contributed by atoms with Crippen LogP contribution in [0.15, 0.2) is 42.5 Å². The summed E-state index contributed by atoms with van der Waals surface area (Å²) in [5.41, 5.74) is 10.6. The second-order valence-corrected chi connectivity index (χ2v) is 5.75. The molecule has 0 spiro atoms. The van der Waals surface area contributed by atoms with Crippen molar-refractivity contribution >= 4 is 0 Å². The monoisotopic (exact) mass is 286 g/mol. The van der Waals surface area contributed by atoms with Crippen LogP contribution in [0.25, 0.3) is 0 Å². The van der Waals surface area contributed by atoms with Crippen LogP contribution in [-0.2, 0) is 6.54 Å². The van der Waals surface area contributed by atoms with Gasteiger partial charge in [-0.1, -0.05) is 42.0 Å². The minimum atomic E-state index is -0.163. The first kappa shape index (κ1) is 15.7. The highest BCUT2D eigenvalue weighted by molar-refractivity contribution is 5.32. The molecule has 0 aromatic heterocycles. The predicted molar refractivity (Wildman–Crippen MR) is 85.6 cm³/mol. The summed E-state index contributed by atoms with van der Waals surface area (Å²) in [5.74, 6) is -0.163. The summed E-state index contributed by atoms with van der Waals surface area (Å²) < 4.78 is 13.7. The van der Waals surface area contributed by atoms with E-state index in [1.54, 1.807) is 6.07 Å². The average Bonchev–Trinajstić information content (AvgIpc) is 2.41. The van der Waals surface area contributed by atoms with Gasteiger partial charge in [-0.05, 0) is 38.1 Å². The number of nitrogens with zero attached hydrogens (tertiary/aromatic N) is 1. The molecule has 0 saturated heterocycles. The Morgan fingerprint density at radius 1 is 1.14 bits per heavy atom. The first-order chi connectivity index (χ1) is 9.97. The zero-order valence-electron chi connectivity index (χ0n) is 12.9. The van der Waals surface area contributed by atoms with Gasteiger partial charge in [0, 0.05) is 24.7 Å². The number of nitrogens with two attached hydrogens (primary N) is 1. The lowest BCUT2D eigenvalue weighted by molar-refractivity contribution is 0.300. The lowest BCUT2D eigenvalue weighted by atomic mass is 9.99. The van der Waals surface area contributed by atoms with Gasteiger partial charge >= 0.3 is 0 Å². The van der Waals surface area contributed by atoms with Crippen LogP contribution >= 0.6 is 0 Å². The summed E-state index contributed by atoms with van der Waals surface area (Å²) in [6.45, 7) is 5.41. The van der Waals surface area contributed by atoms with Gasteiger partial charge in [0.25, 0.3) is 0 Å². The Morgan fingerprint density at radius 3 is 2.52 bits per heavy atom. The van der Waals surface area contributed by atoms with Gasteiger partial charge in [0.1, 0.15) is 5.82 Å². The first-order valence-corrected chi connectivity index (χ1v) is 7.22. The average molecular weight is 286 g/mol. The van der Waals surface area contributed by atoms with Crippen LogP contribution in [0.5, 0.6) is 0 Å². The Morgan fingerprint density at radius 2 is 1.86 bits per heavy atom. The number of hydrogen-bond acceptors (Lipinski definition) is 2. The van der Waals surface area contributed by atoms with E-state index in [4.69, 9.17) is 5.73 Å². The van der Waals surface area contributed by atoms with Gasteiger partial charge in [-0.3, -0.25) is 0 Å². The molecule has 2 aromatic rings. The quantitative estimate of drug-likeness (QED) is 0.910. The van der Waals surface area contributed by atoms with E-state index in [9.17, 15) is 4.39 Å². The molecule has 2 nitrogen and oxygen atoms in total. The number of likely N-dealkylation sites (N-methyl/N-ethyl adjacent to an activating group) is 1. The van der Waals surface area contributed by atoms with Crippen molar-refractivity contribution in [3.8, 4) is 0 Å². The number of hydrogen-bond donors (Lipinski definition) is 1. The highest BCUT2D eigenvalue weighted by atomic mass is 19.1. The lowest BCUT2D eigenvalue weighted by Crippen LogP contribution is -2.29. The second-order valence-electron chi connectivity index (χ2n) is 5.75. The molecule has 0 heterocycles. The number of aryl methyl sites for hydroxylation is 2. The van der Waals surface area contributed by atoms with E-state index < -0.39 is 0 Å². The van der Waals surface area contributed by atoms with Crippen molar-refractivity contribution in [1.29, 1.82) is 0 Å². The molecule has 21 heavy (non-hydrogen) atoms. The van der Waals surface area contributed by atoms with Crippen molar-refractivity contribution in [2.24, 2.45) is 5.73 Å². The molecule has 2 rings (SSSR count). The van der Waals surface area contributed by atoms with Crippen molar-refractivity contribution < 1.29 is 4.39 Å². The molecule has 3 heteroatoms. The molecule has 0 radical (unpaired) electrons. The normalized spacial score (nSPS) is 12.7. The minimum absolute atomic E-state index is 0.0672. The van der Waals surface area contributed by atoms with Crippen molar-refractivity contribution in [3.05, 3.63) is 70.5 Å². The largest absolute Gasteiger partial charge is 0.323 e. The van der Waals surface area contributed by atoms with Crippen LogP contribution < -0.4 is 5.73 Å². The SMILES string of the molecule is Cc1ccc(C(N)CN(C)Cc2ccccc2F)c(C)c1. The maximum Gasteiger partial charge on any atom is 0.127 e. The second kappa shape index (κ2) is 6.83. The molecular formula is C18H23FN2. The molecule has 1 atom stereocenters. The van der Waals surface area contributed by atoms with Gasteiger partial charge in [-0.25, -0.2) is 4.39 Å². The maximum atomic E-state index is 13.7. The number of halogens is 1. The van der Waals surface area contributed by atoms with Crippen LogP contribution in [0.1, 0.15) is 28.3 Å². The summed E-state index contributed by atoms with van der Waals surface area (Å²) in [5, 5.41) is 0. The van der Waals surface area contributed by atoms with E-state index in [0.29, 0.717) is 18.7 Å². The molecule has 2 N–H and O–H groups in total. The molecule has 0 bridgehead atoms. The molecule has 1 unspecified atom stereocenters. The molecule has 0 fully saturated rings. The fourth-order valence-electron chi connectivity index (χ4n) is 2.66. The van der Waals surface area contributed by atoms with Gasteiger partial charge in [-0.2, -0.15) is 0 Å². The molecule has 0 saturated carbocycles. The van der Waals surface area contributed by atoms with Crippen molar-refractivity contribution in [2.45, 2.75) is 26.4 Å². The topological polar surface area (TPSA) is 29.3 Å². The minimum Gasteiger partial charge on any atom is -0.323 e. The summed E-state index contributed by atoms with van der Waals surface area (Å²) in [6, 6.07) is 13.1. The fraction of sp³-hybridized carbons (Fsp3) is 0.333. The number of rotatable bonds is 5. The Hall–Kier alpha value is -1.71. The molecular weight excluding hydrogens is 263 g/mol. The Bertz CT molecular complexity index is 610. The number of benzene rings is 2. The van der Waals surface area contributed by atoms with Crippen LogP contribution in [0.2, 0.25) is 0 Å². The van der Waals surface area contributed by atoms with Gasteiger partial charge in [0.15, 0.2) is 0 Å². The third-order valence-electron chi connectivity index (χ3n) is 3.73. The van der Waals surface area contributed by atoms with E-state index >= 15 is 0 Å². The van der Waals surface area contributed by atoms with Crippen molar-refractivity contribution in [2.75, 3.05) is 13.6 Å². The summed E-state index contributed by atoms with van der Waals surface area (Å²) in [4.78, 5) is 2.06. The van der Waals surface area contributed by atoms with Crippen LogP contribution in [0.3, 0.4) is 0 Å². The predicted octanol–water partition coefficient (Wildman–Crippen LogP) is 3.57. The molecule has 112 valence electrons. The standard InChI is InChI=1S/C18H23FN2/c1-13-8-9-16(14(2)10-13)18(20)12-21(3)11-15-6-4-5-7-17(15)19/h4-10,18H,11-12,20H2,1-3H3. The van der Waals surface area contributed by atoms with Gasteiger partial charge in [0.2, 0.25) is 0 Å².